The number of isocyanates is 2. The first-order valence-electron chi connectivity index (χ1n) is 10.9. The standard InChI is InChI=1S/C29H20N4O2/c34-20-32-28-13-5-24(6-14-28)17-22-1-9-26(10-2-22)30-19-31-27-11-3-23(4-12-27)18-25-7-15-29(16-8-25)33-21-35/h1-16H,17-18H2. The molecule has 0 amide bonds. The van der Waals surface area contributed by atoms with Crippen LogP contribution in [0.1, 0.15) is 22.3 Å². The first kappa shape index (κ1) is 23.2. The molecule has 0 bridgehead atoms. The SMILES string of the molecule is O=C=Nc1ccc(Cc2ccc(N=C=Nc3ccc(Cc4ccc(N=C=O)cc4)cc3)cc2)cc1. The lowest BCUT2D eigenvalue weighted by molar-refractivity contribution is 0.564. The highest BCUT2D eigenvalue weighted by Crippen LogP contribution is 2.20. The smallest absolute Gasteiger partial charge is 0.211 e. The molecule has 4 aromatic rings. The van der Waals surface area contributed by atoms with Gasteiger partial charge in [0.05, 0.1) is 22.7 Å². The molecule has 0 heterocycles. The van der Waals surface area contributed by atoms with Gasteiger partial charge in [0.2, 0.25) is 12.2 Å². The molecule has 0 radical (unpaired) electrons. The molecule has 0 saturated heterocycles. The molecule has 6 nitrogen and oxygen atoms in total. The number of hydrogen-bond donors (Lipinski definition) is 0. The van der Waals surface area contributed by atoms with Crippen LogP contribution in [0.2, 0.25) is 0 Å². The lowest BCUT2D eigenvalue weighted by Crippen LogP contribution is -1.87. The van der Waals surface area contributed by atoms with E-state index in [1.165, 1.54) is 0 Å². The first-order chi connectivity index (χ1) is 17.2. The minimum Gasteiger partial charge on any atom is -0.211 e. The van der Waals surface area contributed by atoms with Crippen molar-refractivity contribution < 1.29 is 9.59 Å². The van der Waals surface area contributed by atoms with Gasteiger partial charge in [0.1, 0.15) is 6.01 Å². The average molecular weight is 457 g/mol. The van der Waals surface area contributed by atoms with E-state index in [-0.39, 0.29) is 0 Å². The predicted octanol–water partition coefficient (Wildman–Crippen LogP) is 6.94. The molecule has 0 aliphatic heterocycles. The van der Waals surface area contributed by atoms with Crippen LogP contribution in [0.4, 0.5) is 22.7 Å². The van der Waals surface area contributed by atoms with Crippen LogP contribution in [0.25, 0.3) is 0 Å². The highest BCUT2D eigenvalue weighted by molar-refractivity contribution is 5.58. The number of benzene rings is 4. The minimum absolute atomic E-state index is 0.597. The van der Waals surface area contributed by atoms with E-state index < -0.39 is 0 Å². The molecule has 0 fully saturated rings. The van der Waals surface area contributed by atoms with Crippen LogP contribution < -0.4 is 0 Å². The second-order valence-electron chi connectivity index (χ2n) is 7.75. The Balaban J connectivity index is 1.33. The van der Waals surface area contributed by atoms with E-state index in [1.54, 1.807) is 36.4 Å². The largest absolute Gasteiger partial charge is 0.240 e. The second-order valence-corrected chi connectivity index (χ2v) is 7.75. The summed E-state index contributed by atoms with van der Waals surface area (Å²) < 4.78 is 0. The molecule has 0 aliphatic rings. The molecule has 6 heteroatoms. The number of rotatable bonds is 8. The zero-order valence-corrected chi connectivity index (χ0v) is 18.8. The normalized spacial score (nSPS) is 9.83. The lowest BCUT2D eigenvalue weighted by Gasteiger charge is -2.03. The zero-order chi connectivity index (χ0) is 24.3. The van der Waals surface area contributed by atoms with Gasteiger partial charge in [0.25, 0.3) is 0 Å². The molecule has 0 N–H and O–H groups in total. The Morgan fingerprint density at radius 3 is 0.914 bits per heavy atom. The van der Waals surface area contributed by atoms with Crippen LogP contribution in [0.5, 0.6) is 0 Å². The van der Waals surface area contributed by atoms with Crippen molar-refractivity contribution in [3.63, 3.8) is 0 Å². The van der Waals surface area contributed by atoms with E-state index in [1.807, 2.05) is 72.8 Å². The molecule has 0 unspecified atom stereocenters. The van der Waals surface area contributed by atoms with Crippen molar-refractivity contribution in [2.45, 2.75) is 12.8 Å². The highest BCUT2D eigenvalue weighted by atomic mass is 16.1. The van der Waals surface area contributed by atoms with Crippen molar-refractivity contribution in [2.24, 2.45) is 20.0 Å². The third kappa shape index (κ3) is 7.00. The van der Waals surface area contributed by atoms with Gasteiger partial charge in [-0.3, -0.25) is 0 Å². The molecule has 4 rings (SSSR count). The summed E-state index contributed by atoms with van der Waals surface area (Å²) in [5, 5.41) is 0. The Morgan fingerprint density at radius 2 is 0.657 bits per heavy atom. The third-order valence-electron chi connectivity index (χ3n) is 5.27. The molecule has 0 aromatic heterocycles. The van der Waals surface area contributed by atoms with Crippen molar-refractivity contribution in [3.05, 3.63) is 119 Å². The Labute approximate surface area is 202 Å². The number of carbonyl (C=O) groups excluding carboxylic acids is 2. The molecule has 35 heavy (non-hydrogen) atoms. The molecule has 0 spiro atoms. The van der Waals surface area contributed by atoms with Crippen LogP contribution in [-0.4, -0.2) is 18.2 Å². The van der Waals surface area contributed by atoms with Gasteiger partial charge in [-0.15, -0.1) is 0 Å². The summed E-state index contributed by atoms with van der Waals surface area (Å²) in [6.45, 7) is 0. The first-order valence-corrected chi connectivity index (χ1v) is 10.9. The summed E-state index contributed by atoms with van der Waals surface area (Å²) in [6, 6.07) is 33.5. The fraction of sp³-hybridized carbons (Fsp3) is 0.0690. The van der Waals surface area contributed by atoms with Gasteiger partial charge in [-0.05, 0) is 83.6 Å². The van der Waals surface area contributed by atoms with Gasteiger partial charge in [0, 0.05) is 0 Å². The summed E-state index contributed by atoms with van der Waals surface area (Å²) in [6.07, 6.45) is 4.62. The van der Waals surface area contributed by atoms with E-state index in [2.05, 4.69) is 26.0 Å². The van der Waals surface area contributed by atoms with Crippen molar-refractivity contribution in [1.29, 1.82) is 0 Å². The molecule has 0 atom stereocenters. The van der Waals surface area contributed by atoms with Gasteiger partial charge >= 0.3 is 0 Å². The Hall–Kier alpha value is -4.98. The van der Waals surface area contributed by atoms with Crippen molar-refractivity contribution in [2.75, 3.05) is 0 Å². The maximum absolute atomic E-state index is 10.3. The van der Waals surface area contributed by atoms with E-state index in [0.717, 1.165) is 46.5 Å². The maximum atomic E-state index is 10.3. The molecule has 168 valence electrons. The van der Waals surface area contributed by atoms with Crippen molar-refractivity contribution in [1.82, 2.24) is 0 Å². The monoisotopic (exact) mass is 456 g/mol. The zero-order valence-electron chi connectivity index (χ0n) is 18.8. The van der Waals surface area contributed by atoms with Crippen molar-refractivity contribution in [3.8, 4) is 0 Å². The molecule has 0 aliphatic carbocycles. The highest BCUT2D eigenvalue weighted by Gasteiger charge is 1.99. The average Bonchev–Trinajstić information content (AvgIpc) is 2.89. The van der Waals surface area contributed by atoms with Crippen LogP contribution in [0.3, 0.4) is 0 Å². The number of nitrogens with zero attached hydrogens (tertiary/aromatic N) is 4. The van der Waals surface area contributed by atoms with Gasteiger partial charge < -0.3 is 0 Å². The second kappa shape index (κ2) is 11.8. The molecular formula is C29H20N4O2. The Bertz CT molecular complexity index is 1330. The molecule has 0 saturated carbocycles. The number of hydrogen-bond acceptors (Lipinski definition) is 6. The summed E-state index contributed by atoms with van der Waals surface area (Å²) in [4.78, 5) is 36.4. The summed E-state index contributed by atoms with van der Waals surface area (Å²) in [7, 11) is 0. The fourth-order valence-corrected chi connectivity index (χ4v) is 3.47. The third-order valence-corrected chi connectivity index (χ3v) is 5.27. The van der Waals surface area contributed by atoms with E-state index in [9.17, 15) is 9.59 Å². The van der Waals surface area contributed by atoms with E-state index in [0.29, 0.717) is 11.4 Å². The van der Waals surface area contributed by atoms with Crippen LogP contribution >= 0.6 is 0 Å². The van der Waals surface area contributed by atoms with Crippen LogP contribution in [0, 0.1) is 0 Å². The van der Waals surface area contributed by atoms with Gasteiger partial charge in [-0.2, -0.15) is 20.0 Å². The van der Waals surface area contributed by atoms with Crippen LogP contribution in [0.15, 0.2) is 117 Å². The van der Waals surface area contributed by atoms with Gasteiger partial charge in [-0.1, -0.05) is 48.5 Å². The summed E-state index contributed by atoms with van der Waals surface area (Å²) in [5.41, 5.74) is 7.28. The molecule has 4 aromatic carbocycles. The maximum Gasteiger partial charge on any atom is 0.240 e. The Morgan fingerprint density at radius 1 is 0.400 bits per heavy atom. The number of aliphatic imine (C=N–C) groups is 4. The van der Waals surface area contributed by atoms with Gasteiger partial charge in [-0.25, -0.2) is 9.59 Å². The van der Waals surface area contributed by atoms with Gasteiger partial charge in [0.15, 0.2) is 0 Å². The molecular weight excluding hydrogens is 436 g/mol. The predicted molar refractivity (Wildman–Crippen MR) is 136 cm³/mol. The fourth-order valence-electron chi connectivity index (χ4n) is 3.47. The van der Waals surface area contributed by atoms with E-state index in [4.69, 9.17) is 0 Å². The summed E-state index contributed by atoms with van der Waals surface area (Å²) in [5.74, 6) is 0. The van der Waals surface area contributed by atoms with Crippen LogP contribution in [-0.2, 0) is 22.4 Å². The quantitative estimate of drug-likeness (QED) is 0.212. The van der Waals surface area contributed by atoms with E-state index >= 15 is 0 Å². The lowest BCUT2D eigenvalue weighted by atomic mass is 10.0. The topological polar surface area (TPSA) is 83.6 Å². The Kier molecular flexibility index (Phi) is 7.79. The summed E-state index contributed by atoms with van der Waals surface area (Å²) >= 11 is 0. The van der Waals surface area contributed by atoms with Crippen molar-refractivity contribution >= 4 is 40.9 Å². The minimum atomic E-state index is 0.597.